The third-order valence-corrected chi connectivity index (χ3v) is 17.7. The summed E-state index contributed by atoms with van der Waals surface area (Å²) < 4.78 is 1.23. The van der Waals surface area contributed by atoms with Gasteiger partial charge < -0.3 is 9.80 Å². The highest BCUT2D eigenvalue weighted by Crippen LogP contribution is 2.52. The van der Waals surface area contributed by atoms with Crippen LogP contribution in [0.25, 0.3) is 64.7 Å². The van der Waals surface area contributed by atoms with Crippen molar-refractivity contribution in [2.75, 3.05) is 9.80 Å². The van der Waals surface area contributed by atoms with Crippen molar-refractivity contribution in [2.24, 2.45) is 0 Å². The fourth-order valence-electron chi connectivity index (χ4n) is 11.4. The van der Waals surface area contributed by atoms with E-state index >= 15 is 0 Å². The molecule has 1 heterocycles. The Kier molecular flexibility index (Phi) is 13.8. The predicted molar refractivity (Wildman–Crippen MR) is 353 cm³/mol. The second-order valence-electron chi connectivity index (χ2n) is 27.3. The molecule has 1 aromatic heterocycles. The zero-order chi connectivity index (χ0) is 56.8. The van der Waals surface area contributed by atoms with Crippen molar-refractivity contribution in [3.8, 4) is 22.3 Å². The minimum Gasteiger partial charge on any atom is -0.308 e. The van der Waals surface area contributed by atoms with Crippen LogP contribution in [0.3, 0.4) is 0 Å². The lowest BCUT2D eigenvalue weighted by molar-refractivity contribution is 0.569. The van der Waals surface area contributed by atoms with Gasteiger partial charge in [0.1, 0.15) is 0 Å². The molecule has 11 aromatic rings. The van der Waals surface area contributed by atoms with E-state index in [1.54, 1.807) is 11.3 Å². The van der Waals surface area contributed by atoms with E-state index in [4.69, 9.17) is 11.6 Å². The highest BCUT2D eigenvalue weighted by molar-refractivity contribution is 7.17. The summed E-state index contributed by atoms with van der Waals surface area (Å²) >= 11 is 10.1. The average Bonchev–Trinajstić information content (AvgIpc) is 3.84. The van der Waals surface area contributed by atoms with Crippen LogP contribution in [-0.2, 0) is 27.1 Å². The van der Waals surface area contributed by atoms with E-state index < -0.39 is 0 Å². The molecule has 11 rings (SSSR count). The van der Waals surface area contributed by atoms with Crippen LogP contribution in [0.5, 0.6) is 0 Å². The van der Waals surface area contributed by atoms with Gasteiger partial charge in [-0.2, -0.15) is 0 Å². The Bertz CT molecular complexity index is 4070. The fraction of sp³-hybridized carbons (Fsp3) is 0.263. The van der Waals surface area contributed by atoms with Gasteiger partial charge in [0.05, 0.1) is 27.8 Å². The first-order chi connectivity index (χ1) is 37.7. The van der Waals surface area contributed by atoms with Gasteiger partial charge in [-0.25, -0.2) is 0 Å². The first-order valence-electron chi connectivity index (χ1n) is 28.5. The number of halogens is 1. The van der Waals surface area contributed by atoms with Crippen LogP contribution in [-0.4, -0.2) is 0 Å². The highest BCUT2D eigenvalue weighted by Gasteiger charge is 2.29. The van der Waals surface area contributed by atoms with Gasteiger partial charge in [-0.05, 0) is 171 Å². The molecule has 0 spiro atoms. The van der Waals surface area contributed by atoms with Crippen molar-refractivity contribution >= 4 is 99.5 Å². The molecule has 10 aromatic carbocycles. The van der Waals surface area contributed by atoms with Crippen LogP contribution in [0.4, 0.5) is 34.1 Å². The Labute approximate surface area is 485 Å². The van der Waals surface area contributed by atoms with E-state index in [-0.39, 0.29) is 27.1 Å². The van der Waals surface area contributed by atoms with Crippen LogP contribution in [0.2, 0.25) is 5.02 Å². The van der Waals surface area contributed by atoms with Crippen molar-refractivity contribution < 1.29 is 0 Å². The second kappa shape index (κ2) is 20.1. The number of thiophene rings is 1. The lowest BCUT2D eigenvalue weighted by atomic mass is 9.79. The van der Waals surface area contributed by atoms with E-state index in [1.165, 1.54) is 81.3 Å². The van der Waals surface area contributed by atoms with Gasteiger partial charge in [0, 0.05) is 32.4 Å². The molecule has 0 radical (unpaired) electrons. The maximum absolute atomic E-state index is 8.29. The summed E-state index contributed by atoms with van der Waals surface area (Å²) in [6.07, 6.45) is 0. The molecule has 0 atom stereocenters. The number of benzene rings is 10. The van der Waals surface area contributed by atoms with Gasteiger partial charge >= 0.3 is 0 Å². The highest BCUT2D eigenvalue weighted by atomic mass is 35.5. The van der Waals surface area contributed by atoms with Crippen LogP contribution in [0.15, 0.2) is 193 Å². The average molecular weight is 1090 g/mol. The summed E-state index contributed by atoms with van der Waals surface area (Å²) in [5.74, 6) is 0. The number of rotatable bonds is 8. The lowest BCUT2D eigenvalue weighted by Crippen LogP contribution is -2.17. The molecule has 0 amide bonds. The molecule has 0 aliphatic rings. The first-order valence-corrected chi connectivity index (χ1v) is 29.8. The monoisotopic (exact) mass is 1080 g/mol. The normalized spacial score (nSPS) is 12.8. The summed E-state index contributed by atoms with van der Waals surface area (Å²) in [4.78, 5) is 4.80. The summed E-state index contributed by atoms with van der Waals surface area (Å²) in [5.41, 5.74) is 17.0. The van der Waals surface area contributed by atoms with Crippen molar-refractivity contribution in [3.05, 3.63) is 226 Å². The Balaban J connectivity index is 1.15. The molecular weight excluding hydrogens is 1010 g/mol. The molecule has 0 saturated heterocycles. The molecule has 0 saturated carbocycles. The van der Waals surface area contributed by atoms with E-state index in [0.29, 0.717) is 5.02 Å². The maximum atomic E-state index is 8.29. The molecular formula is C76H77ClN2S. The largest absolute Gasteiger partial charge is 0.308 e. The van der Waals surface area contributed by atoms with Gasteiger partial charge in [-0.3, -0.25) is 0 Å². The van der Waals surface area contributed by atoms with Crippen molar-refractivity contribution in [1.82, 2.24) is 0 Å². The quantitative estimate of drug-likeness (QED) is 0.140. The first kappa shape index (κ1) is 54.8. The number of nitrogens with zero attached hydrogens (tertiary/aromatic N) is 2. The van der Waals surface area contributed by atoms with E-state index in [1.807, 2.05) is 0 Å². The number of anilines is 6. The number of hydrogen-bond acceptors (Lipinski definition) is 3. The van der Waals surface area contributed by atoms with E-state index in [0.717, 1.165) is 45.3 Å². The molecule has 0 bridgehead atoms. The molecule has 0 N–H and O–H groups in total. The van der Waals surface area contributed by atoms with Gasteiger partial charge in [-0.1, -0.05) is 237 Å². The second-order valence-corrected chi connectivity index (χ2v) is 28.6. The van der Waals surface area contributed by atoms with Crippen molar-refractivity contribution in [2.45, 2.75) is 131 Å². The topological polar surface area (TPSA) is 6.48 Å². The number of fused-ring (bicyclic) bond motifs is 7. The van der Waals surface area contributed by atoms with Crippen LogP contribution in [0, 0.1) is 0 Å². The van der Waals surface area contributed by atoms with Crippen molar-refractivity contribution in [1.29, 1.82) is 0 Å². The smallest absolute Gasteiger partial charge is 0.0887 e. The maximum Gasteiger partial charge on any atom is 0.0887 e. The molecule has 80 heavy (non-hydrogen) atoms. The molecule has 0 unspecified atom stereocenters. The lowest BCUT2D eigenvalue weighted by Gasteiger charge is -2.33. The Morgan fingerprint density at radius 3 is 1.26 bits per heavy atom. The molecule has 4 heteroatoms. The Morgan fingerprint density at radius 1 is 0.300 bits per heavy atom. The van der Waals surface area contributed by atoms with E-state index in [2.05, 4.69) is 307 Å². The van der Waals surface area contributed by atoms with Crippen LogP contribution in [0.1, 0.15) is 132 Å². The van der Waals surface area contributed by atoms with Gasteiger partial charge in [0.15, 0.2) is 0 Å². The zero-order valence-corrected chi connectivity index (χ0v) is 51.2. The Morgan fingerprint density at radius 2 is 0.738 bits per heavy atom. The number of hydrogen-bond donors (Lipinski definition) is 0. The minimum absolute atomic E-state index is 0.00195. The van der Waals surface area contributed by atoms with Gasteiger partial charge in [0.2, 0.25) is 0 Å². The van der Waals surface area contributed by atoms with Gasteiger partial charge in [0.25, 0.3) is 0 Å². The summed E-state index contributed by atoms with van der Waals surface area (Å²) in [6, 6.07) is 70.9. The molecule has 404 valence electrons. The van der Waals surface area contributed by atoms with Crippen molar-refractivity contribution in [3.63, 3.8) is 0 Å². The van der Waals surface area contributed by atoms with E-state index in [9.17, 15) is 0 Å². The standard InChI is InChI=1S/C76H77ClN2S/c1-72(2,3)51-30-36-57(37-31-51)78(66-39-32-52(73(4,5)6)45-63(66)49-29-38-62-60-23-17-16-21-58(60)59-22-18-19-24-61(59)64(62)43-49)67-25-20-26-68(71(67)77)79(69-47-80-70-40-33-53(46-65(69)70)74(7,8)9)56-34-27-48(28-35-56)50-41-54(75(10,11)12)44-55(42-50)76(13,14)15/h16-47H,1-15H3. The van der Waals surface area contributed by atoms with Crippen LogP contribution < -0.4 is 9.80 Å². The van der Waals surface area contributed by atoms with Crippen LogP contribution >= 0.6 is 22.9 Å². The molecule has 0 aliphatic carbocycles. The SMILES string of the molecule is CC(C)(C)c1ccc(N(c2ccc(C(C)(C)C)cc2-c2ccc3c4ccccc4c4ccccc4c3c2)c2cccc(N(c3ccc(-c4cc(C(C)(C)C)cc(C(C)(C)C)c4)cc3)c3csc4ccc(C(C)(C)C)cc34)c2Cl)cc1. The third-order valence-electron chi connectivity index (χ3n) is 16.4. The predicted octanol–water partition coefficient (Wildman–Crippen LogP) is 23.8. The molecule has 0 fully saturated rings. The summed E-state index contributed by atoms with van der Waals surface area (Å²) in [7, 11) is 0. The zero-order valence-electron chi connectivity index (χ0n) is 49.7. The summed E-state index contributed by atoms with van der Waals surface area (Å²) in [6.45, 7) is 34.5. The molecule has 0 aliphatic heterocycles. The van der Waals surface area contributed by atoms with Gasteiger partial charge in [-0.15, -0.1) is 11.3 Å². The third kappa shape index (κ3) is 10.3. The summed E-state index contributed by atoms with van der Waals surface area (Å²) in [5, 5.41) is 11.7. The Hall–Kier alpha value is -7.17. The minimum atomic E-state index is -0.111. The fourth-order valence-corrected chi connectivity index (χ4v) is 12.6. The molecule has 2 nitrogen and oxygen atoms in total.